The van der Waals surface area contributed by atoms with Crippen LogP contribution in [0.4, 0.5) is 10.8 Å². The zero-order chi connectivity index (χ0) is 16.9. The molecule has 6 nitrogen and oxygen atoms in total. The van der Waals surface area contributed by atoms with Crippen molar-refractivity contribution in [2.75, 3.05) is 23.7 Å². The zero-order valence-corrected chi connectivity index (χ0v) is 15.5. The molecule has 134 valence electrons. The number of carbonyl (C=O) groups is 2. The maximum Gasteiger partial charge on any atom is 0.230 e. The quantitative estimate of drug-likeness (QED) is 0.761. The summed E-state index contributed by atoms with van der Waals surface area (Å²) >= 11 is 1.42. The molecular weight excluding hydrogens is 360 g/mol. The summed E-state index contributed by atoms with van der Waals surface area (Å²) in [5.74, 6) is -0.0502. The van der Waals surface area contributed by atoms with E-state index in [1.165, 1.54) is 18.3 Å². The number of aromatic nitrogens is 1. The van der Waals surface area contributed by atoms with Gasteiger partial charge in [-0.2, -0.15) is 0 Å². The number of nitrogens with zero attached hydrogens (tertiary/aromatic N) is 1. The summed E-state index contributed by atoms with van der Waals surface area (Å²) in [6, 6.07) is 7.47. The van der Waals surface area contributed by atoms with Crippen molar-refractivity contribution in [1.82, 2.24) is 10.3 Å². The first-order valence-corrected chi connectivity index (χ1v) is 8.85. The van der Waals surface area contributed by atoms with Crippen molar-refractivity contribution in [3.05, 3.63) is 29.6 Å². The molecule has 1 aromatic heterocycles. The van der Waals surface area contributed by atoms with Gasteiger partial charge in [-0.1, -0.05) is 12.1 Å². The molecule has 1 atom stereocenters. The monoisotopic (exact) mass is 380 g/mol. The Bertz CT molecular complexity index is 727. The Balaban J connectivity index is 0.00000225. The molecular formula is C17H21ClN4O2S. The van der Waals surface area contributed by atoms with Crippen LogP contribution in [-0.2, 0) is 9.59 Å². The number of piperidine rings is 1. The number of benzene rings is 1. The lowest BCUT2D eigenvalue weighted by Crippen LogP contribution is -2.37. The lowest BCUT2D eigenvalue weighted by molar-refractivity contribution is -0.120. The van der Waals surface area contributed by atoms with Crippen molar-refractivity contribution in [3.8, 4) is 11.3 Å². The molecule has 8 heteroatoms. The van der Waals surface area contributed by atoms with Gasteiger partial charge in [-0.3, -0.25) is 9.59 Å². The number of carbonyl (C=O) groups excluding carboxylic acids is 2. The van der Waals surface area contributed by atoms with Crippen LogP contribution in [0, 0.1) is 5.92 Å². The van der Waals surface area contributed by atoms with E-state index in [0.29, 0.717) is 5.13 Å². The topological polar surface area (TPSA) is 83.1 Å². The smallest absolute Gasteiger partial charge is 0.230 e. The highest BCUT2D eigenvalue weighted by molar-refractivity contribution is 7.14. The second kappa shape index (κ2) is 8.94. The van der Waals surface area contributed by atoms with Gasteiger partial charge in [0.1, 0.15) is 0 Å². The minimum absolute atomic E-state index is 0. The summed E-state index contributed by atoms with van der Waals surface area (Å²) < 4.78 is 0. The highest BCUT2D eigenvalue weighted by atomic mass is 35.5. The molecule has 2 amide bonds. The first kappa shape index (κ1) is 19.4. The van der Waals surface area contributed by atoms with E-state index in [9.17, 15) is 9.59 Å². The van der Waals surface area contributed by atoms with Gasteiger partial charge in [0.25, 0.3) is 0 Å². The molecule has 3 rings (SSSR count). The summed E-state index contributed by atoms with van der Waals surface area (Å²) in [5.41, 5.74) is 2.51. The third kappa shape index (κ3) is 5.26. The van der Waals surface area contributed by atoms with Gasteiger partial charge < -0.3 is 16.0 Å². The third-order valence-corrected chi connectivity index (χ3v) is 4.66. The molecule has 0 spiro atoms. The summed E-state index contributed by atoms with van der Waals surface area (Å²) in [5, 5.41) is 11.4. The molecule has 2 heterocycles. The molecule has 0 aliphatic carbocycles. The number of amides is 2. The normalized spacial score (nSPS) is 16.6. The molecule has 1 aromatic carbocycles. The molecule has 1 saturated heterocycles. The molecule has 1 fully saturated rings. The van der Waals surface area contributed by atoms with Gasteiger partial charge in [-0.05, 0) is 31.5 Å². The standard InChI is InChI=1S/C17H20N4O2S.ClH/c1-11(22)19-14-6-4-12(5-7-14)15-10-24-17(20-15)21-16(23)13-3-2-8-18-9-13;/h4-7,10,13,18H,2-3,8-9H2,1H3,(H,19,22)(H,20,21,23);1H. The zero-order valence-electron chi connectivity index (χ0n) is 13.9. The Morgan fingerprint density at radius 3 is 2.64 bits per heavy atom. The Kier molecular flexibility index (Phi) is 6.92. The summed E-state index contributed by atoms with van der Waals surface area (Å²) in [6.45, 7) is 3.19. The van der Waals surface area contributed by atoms with Crippen molar-refractivity contribution in [2.45, 2.75) is 19.8 Å². The Hall–Kier alpha value is -1.96. The molecule has 3 N–H and O–H groups in total. The van der Waals surface area contributed by atoms with Crippen molar-refractivity contribution in [3.63, 3.8) is 0 Å². The number of rotatable bonds is 4. The van der Waals surface area contributed by atoms with Crippen molar-refractivity contribution < 1.29 is 9.59 Å². The van der Waals surface area contributed by atoms with Crippen LogP contribution < -0.4 is 16.0 Å². The molecule has 25 heavy (non-hydrogen) atoms. The van der Waals surface area contributed by atoms with Crippen LogP contribution in [0.25, 0.3) is 11.3 Å². The lowest BCUT2D eigenvalue weighted by atomic mass is 9.99. The summed E-state index contributed by atoms with van der Waals surface area (Å²) in [4.78, 5) is 27.8. The average molecular weight is 381 g/mol. The van der Waals surface area contributed by atoms with E-state index >= 15 is 0 Å². The van der Waals surface area contributed by atoms with E-state index in [1.54, 1.807) is 0 Å². The van der Waals surface area contributed by atoms with Crippen LogP contribution >= 0.6 is 23.7 Å². The van der Waals surface area contributed by atoms with Gasteiger partial charge in [0, 0.05) is 30.1 Å². The van der Waals surface area contributed by atoms with Gasteiger partial charge >= 0.3 is 0 Å². The van der Waals surface area contributed by atoms with Gasteiger partial charge in [-0.25, -0.2) is 4.98 Å². The van der Waals surface area contributed by atoms with Crippen molar-refractivity contribution in [1.29, 1.82) is 0 Å². The third-order valence-electron chi connectivity index (χ3n) is 3.90. The van der Waals surface area contributed by atoms with Crippen LogP contribution in [0.15, 0.2) is 29.6 Å². The number of anilines is 2. The van der Waals surface area contributed by atoms with Crippen LogP contribution in [0.1, 0.15) is 19.8 Å². The number of hydrogen-bond acceptors (Lipinski definition) is 5. The second-order valence-corrected chi connectivity index (χ2v) is 6.69. The van der Waals surface area contributed by atoms with E-state index in [4.69, 9.17) is 0 Å². The van der Waals surface area contributed by atoms with Gasteiger partial charge in [0.15, 0.2) is 5.13 Å². The maximum absolute atomic E-state index is 12.2. The molecule has 1 aliphatic rings. The molecule has 2 aromatic rings. The molecule has 1 aliphatic heterocycles. The molecule has 0 bridgehead atoms. The summed E-state index contributed by atoms with van der Waals surface area (Å²) in [6.07, 6.45) is 1.95. The first-order valence-electron chi connectivity index (χ1n) is 7.97. The minimum Gasteiger partial charge on any atom is -0.326 e. The Labute approximate surface area is 156 Å². The summed E-state index contributed by atoms with van der Waals surface area (Å²) in [7, 11) is 0. The highest BCUT2D eigenvalue weighted by Crippen LogP contribution is 2.26. The van der Waals surface area contributed by atoms with E-state index in [1.807, 2.05) is 29.6 Å². The first-order chi connectivity index (χ1) is 11.6. The van der Waals surface area contributed by atoms with Gasteiger partial charge in [0.05, 0.1) is 11.6 Å². The van der Waals surface area contributed by atoms with Crippen LogP contribution in [0.3, 0.4) is 0 Å². The van der Waals surface area contributed by atoms with E-state index in [2.05, 4.69) is 20.9 Å². The van der Waals surface area contributed by atoms with E-state index in [-0.39, 0.29) is 30.1 Å². The highest BCUT2D eigenvalue weighted by Gasteiger charge is 2.21. The largest absolute Gasteiger partial charge is 0.326 e. The van der Waals surface area contributed by atoms with Gasteiger partial charge in [0.2, 0.25) is 11.8 Å². The second-order valence-electron chi connectivity index (χ2n) is 5.83. The number of halogens is 1. The molecule has 0 saturated carbocycles. The fraction of sp³-hybridized carbons (Fsp3) is 0.353. The fourth-order valence-corrected chi connectivity index (χ4v) is 3.40. The Morgan fingerprint density at radius 1 is 1.24 bits per heavy atom. The van der Waals surface area contributed by atoms with Crippen molar-refractivity contribution in [2.24, 2.45) is 5.92 Å². The lowest BCUT2D eigenvalue weighted by Gasteiger charge is -2.21. The number of hydrogen-bond donors (Lipinski definition) is 3. The van der Waals surface area contributed by atoms with E-state index in [0.717, 1.165) is 42.9 Å². The van der Waals surface area contributed by atoms with Crippen LogP contribution in [0.5, 0.6) is 0 Å². The molecule has 0 radical (unpaired) electrons. The van der Waals surface area contributed by atoms with Gasteiger partial charge in [-0.15, -0.1) is 23.7 Å². The number of thiazole rings is 1. The molecule has 1 unspecified atom stereocenters. The maximum atomic E-state index is 12.2. The Morgan fingerprint density at radius 2 is 2.00 bits per heavy atom. The van der Waals surface area contributed by atoms with Crippen molar-refractivity contribution >= 4 is 46.4 Å². The SMILES string of the molecule is CC(=O)Nc1ccc(-c2csc(NC(=O)C3CCCNC3)n2)cc1.Cl. The van der Waals surface area contributed by atoms with E-state index < -0.39 is 0 Å². The predicted octanol–water partition coefficient (Wildman–Crippen LogP) is 3.13. The number of nitrogens with one attached hydrogen (secondary N) is 3. The fourth-order valence-electron chi connectivity index (χ4n) is 2.67. The van der Waals surface area contributed by atoms with Crippen LogP contribution in [-0.4, -0.2) is 29.9 Å². The average Bonchev–Trinajstić information content (AvgIpc) is 3.04. The minimum atomic E-state index is -0.0985. The van der Waals surface area contributed by atoms with Crippen LogP contribution in [0.2, 0.25) is 0 Å². The predicted molar refractivity (Wildman–Crippen MR) is 103 cm³/mol.